The Morgan fingerprint density at radius 3 is 3.00 bits per heavy atom. The number of amides is 1. The molecule has 0 saturated carbocycles. The van der Waals surface area contributed by atoms with E-state index in [1.165, 1.54) is 6.42 Å². The molecule has 0 aliphatic carbocycles. The van der Waals surface area contributed by atoms with Gasteiger partial charge in [0, 0.05) is 31.5 Å². The van der Waals surface area contributed by atoms with E-state index >= 15 is 0 Å². The Labute approximate surface area is 121 Å². The zero-order chi connectivity index (χ0) is 14.5. The molecule has 1 amide bonds. The van der Waals surface area contributed by atoms with Gasteiger partial charge in [0.05, 0.1) is 11.3 Å². The second kappa shape index (κ2) is 6.73. The maximum Gasteiger partial charge on any atom is 0.257 e. The smallest absolute Gasteiger partial charge is 0.257 e. The zero-order valence-corrected chi connectivity index (χ0v) is 12.8. The van der Waals surface area contributed by atoms with Crippen LogP contribution in [0.2, 0.25) is 0 Å². The van der Waals surface area contributed by atoms with Crippen molar-refractivity contribution < 1.29 is 4.79 Å². The summed E-state index contributed by atoms with van der Waals surface area (Å²) in [5, 5.41) is 3.27. The van der Waals surface area contributed by atoms with Crippen LogP contribution in [0.3, 0.4) is 0 Å². The van der Waals surface area contributed by atoms with Crippen molar-refractivity contribution in [2.45, 2.75) is 40.0 Å². The Balaban J connectivity index is 2.19. The second-order valence-corrected chi connectivity index (χ2v) is 5.57. The first-order valence-electron chi connectivity index (χ1n) is 7.65. The van der Waals surface area contributed by atoms with Gasteiger partial charge in [0.25, 0.3) is 5.91 Å². The van der Waals surface area contributed by atoms with Gasteiger partial charge in [0.15, 0.2) is 0 Å². The Hall–Kier alpha value is -1.58. The molecule has 0 spiro atoms. The number of hydrogen-bond acceptors (Lipinski definition) is 3. The number of carbonyl (C=O) groups is 1. The lowest BCUT2D eigenvalue weighted by Crippen LogP contribution is -2.40. The third kappa shape index (κ3) is 3.30. The van der Waals surface area contributed by atoms with E-state index < -0.39 is 0 Å². The predicted molar refractivity (Wildman–Crippen MR) is 82.1 cm³/mol. The summed E-state index contributed by atoms with van der Waals surface area (Å²) in [6.07, 6.45) is 5.22. The quantitative estimate of drug-likeness (QED) is 0.918. The Kier molecular flexibility index (Phi) is 4.99. The van der Waals surface area contributed by atoms with Crippen molar-refractivity contribution in [3.05, 3.63) is 23.5 Å². The number of piperidine rings is 1. The molecule has 1 atom stereocenters. The van der Waals surface area contributed by atoms with Crippen molar-refractivity contribution in [3.8, 4) is 0 Å². The van der Waals surface area contributed by atoms with Gasteiger partial charge in [0.1, 0.15) is 0 Å². The molecule has 0 aromatic carbocycles. The molecule has 1 aromatic heterocycles. The van der Waals surface area contributed by atoms with Gasteiger partial charge < -0.3 is 10.2 Å². The number of hydrogen-bond donors (Lipinski definition) is 1. The lowest BCUT2D eigenvalue weighted by atomic mass is 9.95. The number of aromatic nitrogens is 1. The molecule has 110 valence electrons. The molecule has 20 heavy (non-hydrogen) atoms. The van der Waals surface area contributed by atoms with Crippen molar-refractivity contribution >= 4 is 11.6 Å². The minimum atomic E-state index is 0.117. The average Bonchev–Trinajstić information content (AvgIpc) is 2.47. The summed E-state index contributed by atoms with van der Waals surface area (Å²) in [5.74, 6) is 0.764. The number of pyridine rings is 1. The van der Waals surface area contributed by atoms with Crippen molar-refractivity contribution in [1.29, 1.82) is 0 Å². The summed E-state index contributed by atoms with van der Waals surface area (Å²) >= 11 is 0. The van der Waals surface area contributed by atoms with Crippen LogP contribution < -0.4 is 5.32 Å². The van der Waals surface area contributed by atoms with Crippen LogP contribution in [0, 0.1) is 12.8 Å². The summed E-state index contributed by atoms with van der Waals surface area (Å²) in [6.45, 7) is 8.75. The summed E-state index contributed by atoms with van der Waals surface area (Å²) in [6, 6.07) is 1.96. The molecule has 1 fully saturated rings. The number of rotatable bonds is 4. The van der Waals surface area contributed by atoms with Gasteiger partial charge in [-0.2, -0.15) is 0 Å². The molecule has 1 N–H and O–H groups in total. The first kappa shape index (κ1) is 14.8. The van der Waals surface area contributed by atoms with Crippen LogP contribution in [0.4, 0.5) is 5.69 Å². The van der Waals surface area contributed by atoms with E-state index in [1.807, 2.05) is 24.8 Å². The third-order valence-electron chi connectivity index (χ3n) is 4.02. The molecular formula is C16H25N3O. The minimum Gasteiger partial charge on any atom is -0.385 e. The fraction of sp³-hybridized carbons (Fsp3) is 0.625. The fourth-order valence-electron chi connectivity index (χ4n) is 2.82. The number of anilines is 1. The van der Waals surface area contributed by atoms with Crippen LogP contribution in [0.15, 0.2) is 12.3 Å². The highest BCUT2D eigenvalue weighted by molar-refractivity contribution is 5.99. The topological polar surface area (TPSA) is 45.2 Å². The van der Waals surface area contributed by atoms with Gasteiger partial charge in [-0.3, -0.25) is 9.78 Å². The highest BCUT2D eigenvalue weighted by Crippen LogP contribution is 2.23. The molecule has 1 aromatic rings. The van der Waals surface area contributed by atoms with Gasteiger partial charge >= 0.3 is 0 Å². The molecule has 2 heterocycles. The summed E-state index contributed by atoms with van der Waals surface area (Å²) in [4.78, 5) is 19.0. The molecule has 1 aliphatic rings. The van der Waals surface area contributed by atoms with Crippen LogP contribution in [0.5, 0.6) is 0 Å². The number of nitrogens with one attached hydrogen (secondary N) is 1. The number of likely N-dealkylation sites (tertiary alicyclic amines) is 1. The molecular weight excluding hydrogens is 250 g/mol. The number of carbonyl (C=O) groups excluding carboxylic acids is 1. The molecule has 1 unspecified atom stereocenters. The Morgan fingerprint density at radius 1 is 1.50 bits per heavy atom. The van der Waals surface area contributed by atoms with Crippen molar-refractivity contribution in [2.24, 2.45) is 5.92 Å². The Bertz CT molecular complexity index is 473. The summed E-state index contributed by atoms with van der Waals surface area (Å²) in [5.41, 5.74) is 2.54. The molecule has 1 aliphatic heterocycles. The number of nitrogens with zero attached hydrogens (tertiary/aromatic N) is 2. The lowest BCUT2D eigenvalue weighted by Gasteiger charge is -2.32. The lowest BCUT2D eigenvalue weighted by molar-refractivity contribution is 0.0672. The number of aryl methyl sites for hydroxylation is 1. The summed E-state index contributed by atoms with van der Waals surface area (Å²) in [7, 11) is 0. The normalized spacial score (nSPS) is 18.9. The molecule has 4 nitrogen and oxygen atoms in total. The average molecular weight is 275 g/mol. The monoisotopic (exact) mass is 275 g/mol. The predicted octanol–water partition coefficient (Wildman–Crippen LogP) is 3.08. The molecule has 0 bridgehead atoms. The van der Waals surface area contributed by atoms with E-state index in [0.717, 1.165) is 43.9 Å². The summed E-state index contributed by atoms with van der Waals surface area (Å²) < 4.78 is 0. The molecule has 2 rings (SSSR count). The van der Waals surface area contributed by atoms with Crippen molar-refractivity contribution in [2.75, 3.05) is 25.0 Å². The fourth-order valence-corrected chi connectivity index (χ4v) is 2.82. The van der Waals surface area contributed by atoms with Crippen LogP contribution in [0.25, 0.3) is 0 Å². The first-order chi connectivity index (χ1) is 9.65. The van der Waals surface area contributed by atoms with Crippen LogP contribution >= 0.6 is 0 Å². The standard InChI is InChI=1S/C16H25N3O/c1-4-13-7-6-8-19(11-13)16(20)14-10-18-12(3)9-15(14)17-5-2/h9-10,13H,4-8,11H2,1-3H3,(H,17,18). The van der Waals surface area contributed by atoms with E-state index in [4.69, 9.17) is 0 Å². The maximum absolute atomic E-state index is 12.7. The largest absolute Gasteiger partial charge is 0.385 e. The van der Waals surface area contributed by atoms with E-state index in [-0.39, 0.29) is 5.91 Å². The van der Waals surface area contributed by atoms with E-state index in [2.05, 4.69) is 17.2 Å². The minimum absolute atomic E-state index is 0.117. The van der Waals surface area contributed by atoms with E-state index in [1.54, 1.807) is 6.20 Å². The second-order valence-electron chi connectivity index (χ2n) is 5.57. The van der Waals surface area contributed by atoms with Gasteiger partial charge in [-0.05, 0) is 38.7 Å². The molecule has 1 saturated heterocycles. The highest BCUT2D eigenvalue weighted by Gasteiger charge is 2.25. The van der Waals surface area contributed by atoms with Gasteiger partial charge in [0.2, 0.25) is 0 Å². The first-order valence-corrected chi connectivity index (χ1v) is 7.65. The zero-order valence-electron chi connectivity index (χ0n) is 12.8. The van der Waals surface area contributed by atoms with Crippen molar-refractivity contribution in [3.63, 3.8) is 0 Å². The van der Waals surface area contributed by atoms with Gasteiger partial charge in [-0.25, -0.2) is 0 Å². The highest BCUT2D eigenvalue weighted by atomic mass is 16.2. The maximum atomic E-state index is 12.7. The van der Waals surface area contributed by atoms with E-state index in [9.17, 15) is 4.79 Å². The van der Waals surface area contributed by atoms with Gasteiger partial charge in [-0.15, -0.1) is 0 Å². The van der Waals surface area contributed by atoms with Crippen LogP contribution in [-0.4, -0.2) is 35.4 Å². The third-order valence-corrected chi connectivity index (χ3v) is 4.02. The van der Waals surface area contributed by atoms with Gasteiger partial charge in [-0.1, -0.05) is 13.3 Å². The molecule has 4 heteroatoms. The SMILES string of the molecule is CCNc1cc(C)ncc1C(=O)N1CCCC(CC)C1. The van der Waals surface area contributed by atoms with Crippen LogP contribution in [0.1, 0.15) is 49.2 Å². The van der Waals surface area contributed by atoms with Crippen LogP contribution in [-0.2, 0) is 0 Å². The molecule has 0 radical (unpaired) electrons. The Morgan fingerprint density at radius 2 is 2.30 bits per heavy atom. The van der Waals surface area contributed by atoms with Crippen molar-refractivity contribution in [1.82, 2.24) is 9.88 Å². The van der Waals surface area contributed by atoms with E-state index in [0.29, 0.717) is 11.5 Å².